The number of ether oxygens (including phenoxy) is 1. The molecule has 0 amide bonds. The molecular formula is C24H25F2N5O2. The third-order valence-electron chi connectivity index (χ3n) is 6.34. The summed E-state index contributed by atoms with van der Waals surface area (Å²) in [7, 11) is 3.27. The zero-order valence-electron chi connectivity index (χ0n) is 18.8. The van der Waals surface area contributed by atoms with Crippen LogP contribution in [0, 0.1) is 0 Å². The van der Waals surface area contributed by atoms with E-state index in [9.17, 15) is 4.79 Å². The molecule has 4 heterocycles. The molecule has 1 aromatic carbocycles. The SMILES string of the molecule is CCOc1ccc(-c2ccc3ncc4c(c3c2)n([C@@H]2CCN(C)CC2(F)F)c(=O)n4C)cn1. The van der Waals surface area contributed by atoms with Crippen molar-refractivity contribution < 1.29 is 13.5 Å². The molecule has 0 bridgehead atoms. The fourth-order valence-electron chi connectivity index (χ4n) is 4.70. The third-order valence-corrected chi connectivity index (χ3v) is 6.34. The molecule has 3 aromatic heterocycles. The Morgan fingerprint density at radius 2 is 1.91 bits per heavy atom. The van der Waals surface area contributed by atoms with Gasteiger partial charge in [-0.25, -0.2) is 18.6 Å². The van der Waals surface area contributed by atoms with Crippen molar-refractivity contribution in [1.82, 2.24) is 24.0 Å². The highest BCUT2D eigenvalue weighted by atomic mass is 19.3. The second-order valence-electron chi connectivity index (χ2n) is 8.56. The molecule has 0 aliphatic carbocycles. The van der Waals surface area contributed by atoms with Crippen LogP contribution in [0.3, 0.4) is 0 Å². The van der Waals surface area contributed by atoms with Crippen molar-refractivity contribution in [2.24, 2.45) is 7.05 Å². The van der Waals surface area contributed by atoms with Crippen LogP contribution in [0.15, 0.2) is 47.5 Å². The van der Waals surface area contributed by atoms with Crippen LogP contribution in [0.4, 0.5) is 8.78 Å². The molecule has 9 heteroatoms. The molecule has 0 radical (unpaired) electrons. The van der Waals surface area contributed by atoms with Crippen molar-refractivity contribution in [2.45, 2.75) is 25.3 Å². The minimum absolute atomic E-state index is 0.189. The first-order valence-corrected chi connectivity index (χ1v) is 11.0. The van der Waals surface area contributed by atoms with Crippen LogP contribution in [0.25, 0.3) is 33.1 Å². The molecule has 1 aliphatic heterocycles. The number of imidazole rings is 1. The Morgan fingerprint density at radius 3 is 2.61 bits per heavy atom. The lowest BCUT2D eigenvalue weighted by atomic mass is 10.00. The first-order valence-electron chi connectivity index (χ1n) is 11.0. The number of pyridine rings is 2. The summed E-state index contributed by atoms with van der Waals surface area (Å²) in [6.45, 7) is 2.53. The molecule has 1 fully saturated rings. The van der Waals surface area contributed by atoms with Crippen LogP contribution in [-0.4, -0.2) is 56.7 Å². The van der Waals surface area contributed by atoms with E-state index in [4.69, 9.17) is 4.74 Å². The fourth-order valence-corrected chi connectivity index (χ4v) is 4.70. The first-order chi connectivity index (χ1) is 15.8. The predicted molar refractivity (Wildman–Crippen MR) is 123 cm³/mol. The van der Waals surface area contributed by atoms with Gasteiger partial charge in [-0.15, -0.1) is 0 Å². The number of hydrogen-bond acceptors (Lipinski definition) is 5. The van der Waals surface area contributed by atoms with Gasteiger partial charge < -0.3 is 9.64 Å². The third kappa shape index (κ3) is 3.56. The van der Waals surface area contributed by atoms with Gasteiger partial charge in [0.1, 0.15) is 6.04 Å². The Hall–Kier alpha value is -3.33. The summed E-state index contributed by atoms with van der Waals surface area (Å²) in [4.78, 5) is 23.6. The molecule has 4 aromatic rings. The molecule has 33 heavy (non-hydrogen) atoms. The Morgan fingerprint density at radius 1 is 1.12 bits per heavy atom. The topological polar surface area (TPSA) is 65.2 Å². The van der Waals surface area contributed by atoms with E-state index in [-0.39, 0.29) is 13.0 Å². The number of hydrogen-bond donors (Lipinski definition) is 0. The van der Waals surface area contributed by atoms with Crippen LogP contribution in [0.1, 0.15) is 19.4 Å². The van der Waals surface area contributed by atoms with Gasteiger partial charge in [-0.05, 0) is 44.2 Å². The van der Waals surface area contributed by atoms with Crippen LogP contribution < -0.4 is 10.4 Å². The Balaban J connectivity index is 1.72. The summed E-state index contributed by atoms with van der Waals surface area (Å²) >= 11 is 0. The average Bonchev–Trinajstić information content (AvgIpc) is 3.04. The predicted octanol–water partition coefficient (Wildman–Crippen LogP) is 3.86. The molecule has 172 valence electrons. The number of fused-ring (bicyclic) bond motifs is 3. The first kappa shape index (κ1) is 21.5. The number of likely N-dealkylation sites (tertiary alicyclic amines) is 1. The van der Waals surface area contributed by atoms with Crippen LogP contribution >= 0.6 is 0 Å². The number of rotatable bonds is 4. The maximum atomic E-state index is 15.1. The fraction of sp³-hybridized carbons (Fsp3) is 0.375. The Bertz CT molecular complexity index is 1390. The van der Waals surface area contributed by atoms with Gasteiger partial charge in [-0.3, -0.25) is 14.1 Å². The second-order valence-corrected chi connectivity index (χ2v) is 8.56. The van der Waals surface area contributed by atoms with E-state index in [0.29, 0.717) is 41.0 Å². The van der Waals surface area contributed by atoms with Crippen molar-refractivity contribution in [3.05, 3.63) is 53.2 Å². The molecule has 0 unspecified atom stereocenters. The smallest absolute Gasteiger partial charge is 0.329 e. The van der Waals surface area contributed by atoms with Crippen molar-refractivity contribution in [3.63, 3.8) is 0 Å². The molecular weight excluding hydrogens is 428 g/mol. The average molecular weight is 453 g/mol. The quantitative estimate of drug-likeness (QED) is 0.470. The summed E-state index contributed by atoms with van der Waals surface area (Å²) in [6.07, 6.45) is 3.48. The molecule has 5 rings (SSSR count). The highest BCUT2D eigenvalue weighted by Gasteiger charge is 2.46. The van der Waals surface area contributed by atoms with Crippen molar-refractivity contribution in [1.29, 1.82) is 0 Å². The maximum Gasteiger partial charge on any atom is 0.329 e. The van der Waals surface area contributed by atoms with Gasteiger partial charge in [0.2, 0.25) is 5.88 Å². The zero-order valence-corrected chi connectivity index (χ0v) is 18.8. The summed E-state index contributed by atoms with van der Waals surface area (Å²) in [6, 6.07) is 8.12. The minimum atomic E-state index is -3.03. The summed E-state index contributed by atoms with van der Waals surface area (Å²) in [5.74, 6) is -2.50. The second kappa shape index (κ2) is 7.91. The minimum Gasteiger partial charge on any atom is -0.478 e. The molecule has 0 spiro atoms. The molecule has 0 N–H and O–H groups in total. The number of benzene rings is 1. The Kier molecular flexibility index (Phi) is 5.16. The van der Waals surface area contributed by atoms with Crippen LogP contribution in [0.2, 0.25) is 0 Å². The van der Waals surface area contributed by atoms with Gasteiger partial charge in [0, 0.05) is 36.8 Å². The van der Waals surface area contributed by atoms with Gasteiger partial charge >= 0.3 is 5.69 Å². The number of aromatic nitrogens is 4. The van der Waals surface area contributed by atoms with Gasteiger partial charge in [0.05, 0.1) is 35.9 Å². The van der Waals surface area contributed by atoms with E-state index in [1.165, 1.54) is 9.13 Å². The van der Waals surface area contributed by atoms with E-state index in [1.807, 2.05) is 31.2 Å². The molecule has 1 aliphatic rings. The summed E-state index contributed by atoms with van der Waals surface area (Å²) in [5.41, 5.74) is 2.91. The van der Waals surface area contributed by atoms with E-state index in [0.717, 1.165) is 11.1 Å². The molecule has 1 saturated heterocycles. The lowest BCUT2D eigenvalue weighted by molar-refractivity contribution is -0.0977. The van der Waals surface area contributed by atoms with Crippen molar-refractivity contribution in [2.75, 3.05) is 26.7 Å². The van der Waals surface area contributed by atoms with Gasteiger partial charge in [0.25, 0.3) is 5.92 Å². The monoisotopic (exact) mass is 453 g/mol. The van der Waals surface area contributed by atoms with E-state index in [2.05, 4.69) is 9.97 Å². The normalized spacial score (nSPS) is 18.8. The maximum absolute atomic E-state index is 15.1. The van der Waals surface area contributed by atoms with Crippen LogP contribution in [-0.2, 0) is 7.05 Å². The molecule has 0 saturated carbocycles. The van der Waals surface area contributed by atoms with E-state index in [1.54, 1.807) is 37.5 Å². The standard InChI is InChI=1S/C24H25F2N5O2/c1-4-33-21-8-6-16(12-28-21)15-5-7-18-17(11-15)22-19(13-27-18)30(3)23(32)31(22)20-9-10-29(2)14-24(20,25)26/h5-8,11-13,20H,4,9-10,14H2,1-3H3/t20-/m1/s1. The highest BCUT2D eigenvalue weighted by molar-refractivity contribution is 6.04. The van der Waals surface area contributed by atoms with Gasteiger partial charge in [0.15, 0.2) is 0 Å². The highest BCUT2D eigenvalue weighted by Crippen LogP contribution is 2.39. The number of alkyl halides is 2. The van der Waals surface area contributed by atoms with Crippen molar-refractivity contribution in [3.8, 4) is 17.0 Å². The van der Waals surface area contributed by atoms with E-state index < -0.39 is 17.7 Å². The summed E-state index contributed by atoms with van der Waals surface area (Å²) in [5, 5.41) is 0.659. The number of halogens is 2. The number of nitrogens with zero attached hydrogens (tertiary/aromatic N) is 5. The molecule has 7 nitrogen and oxygen atoms in total. The number of piperidine rings is 1. The zero-order chi connectivity index (χ0) is 23.3. The van der Waals surface area contributed by atoms with Crippen molar-refractivity contribution >= 4 is 21.9 Å². The lowest BCUT2D eigenvalue weighted by Crippen LogP contribution is -2.49. The van der Waals surface area contributed by atoms with Crippen LogP contribution in [0.5, 0.6) is 5.88 Å². The van der Waals surface area contributed by atoms with Gasteiger partial charge in [-0.1, -0.05) is 6.07 Å². The largest absolute Gasteiger partial charge is 0.478 e. The van der Waals surface area contributed by atoms with Gasteiger partial charge in [-0.2, -0.15) is 0 Å². The number of aryl methyl sites for hydroxylation is 1. The lowest BCUT2D eigenvalue weighted by Gasteiger charge is -2.37. The Labute approximate surface area is 189 Å². The van der Waals surface area contributed by atoms with E-state index >= 15 is 8.78 Å². The molecule has 1 atom stereocenters. The summed E-state index contributed by atoms with van der Waals surface area (Å²) < 4.78 is 38.3.